The highest BCUT2D eigenvalue weighted by molar-refractivity contribution is 7.80. The molecular weight excluding hydrogens is 206 g/mol. The molecule has 1 heterocycles. The van der Waals surface area contributed by atoms with Crippen molar-refractivity contribution in [2.24, 2.45) is 0 Å². The molecule has 0 aliphatic rings. The molecule has 1 rings (SSSR count). The summed E-state index contributed by atoms with van der Waals surface area (Å²) >= 11 is 6.50. The maximum absolute atomic E-state index is 9.88. The number of nitrogens with one attached hydrogen (secondary N) is 3. The lowest BCUT2D eigenvalue weighted by Gasteiger charge is -2.07. The summed E-state index contributed by atoms with van der Waals surface area (Å²) in [5.41, 5.74) is 4.75. The number of thiocarbonyl (C=S) groups is 1. The van der Waals surface area contributed by atoms with Crippen molar-refractivity contribution in [2.45, 2.75) is 6.54 Å². The van der Waals surface area contributed by atoms with Crippen LogP contribution in [0.1, 0.15) is 4.88 Å². The first-order valence-electron chi connectivity index (χ1n) is 3.58. The van der Waals surface area contributed by atoms with Gasteiger partial charge in [0, 0.05) is 4.88 Å². The van der Waals surface area contributed by atoms with E-state index in [9.17, 15) is 4.79 Å². The minimum atomic E-state index is 0.403. The maximum atomic E-state index is 9.88. The van der Waals surface area contributed by atoms with Crippen molar-refractivity contribution >= 4 is 35.1 Å². The van der Waals surface area contributed by atoms with E-state index in [1.54, 1.807) is 11.3 Å². The molecule has 13 heavy (non-hydrogen) atoms. The number of carbonyl (C=O) groups is 1. The van der Waals surface area contributed by atoms with Crippen LogP contribution in [0.3, 0.4) is 0 Å². The number of amides is 1. The van der Waals surface area contributed by atoms with Crippen molar-refractivity contribution in [3.8, 4) is 0 Å². The Hall–Kier alpha value is -1.14. The third kappa shape index (κ3) is 3.86. The zero-order chi connectivity index (χ0) is 9.52. The molecule has 3 N–H and O–H groups in total. The van der Waals surface area contributed by atoms with Gasteiger partial charge in [0.1, 0.15) is 0 Å². The van der Waals surface area contributed by atoms with Gasteiger partial charge >= 0.3 is 0 Å². The quantitative estimate of drug-likeness (QED) is 0.386. The van der Waals surface area contributed by atoms with E-state index < -0.39 is 0 Å². The van der Waals surface area contributed by atoms with E-state index in [0.717, 1.165) is 0 Å². The van der Waals surface area contributed by atoms with Crippen LogP contribution in [0.2, 0.25) is 0 Å². The highest BCUT2D eigenvalue weighted by atomic mass is 32.1. The zero-order valence-corrected chi connectivity index (χ0v) is 8.37. The van der Waals surface area contributed by atoms with Gasteiger partial charge in [0.2, 0.25) is 6.41 Å². The predicted octanol–water partition coefficient (Wildman–Crippen LogP) is 0.373. The third-order valence-corrected chi connectivity index (χ3v) is 2.37. The monoisotopic (exact) mass is 215 g/mol. The van der Waals surface area contributed by atoms with Crippen LogP contribution in [-0.2, 0) is 11.3 Å². The zero-order valence-electron chi connectivity index (χ0n) is 6.74. The summed E-state index contributed by atoms with van der Waals surface area (Å²) in [6, 6.07) is 3.98. The Morgan fingerprint density at radius 3 is 3.15 bits per heavy atom. The molecule has 1 aromatic heterocycles. The highest BCUT2D eigenvalue weighted by Gasteiger charge is 1.95. The molecule has 0 atom stereocenters. The van der Waals surface area contributed by atoms with Crippen molar-refractivity contribution in [2.75, 3.05) is 0 Å². The lowest BCUT2D eigenvalue weighted by molar-refractivity contribution is -0.110. The molecule has 6 heteroatoms. The first kappa shape index (κ1) is 9.94. The minimum absolute atomic E-state index is 0.403. The molecule has 1 aromatic rings. The Balaban J connectivity index is 2.19. The van der Waals surface area contributed by atoms with Gasteiger partial charge in [-0.2, -0.15) is 0 Å². The fraction of sp³-hybridized carbons (Fsp3) is 0.143. The van der Waals surface area contributed by atoms with Crippen LogP contribution in [0.5, 0.6) is 0 Å². The average Bonchev–Trinajstić information content (AvgIpc) is 2.64. The van der Waals surface area contributed by atoms with Crippen LogP contribution in [0.25, 0.3) is 0 Å². The van der Waals surface area contributed by atoms with Crippen molar-refractivity contribution < 1.29 is 4.79 Å². The van der Waals surface area contributed by atoms with Gasteiger partial charge in [0.15, 0.2) is 5.11 Å². The SMILES string of the molecule is O=CNNC(=S)NCc1cccs1. The standard InChI is InChI=1S/C7H9N3OS2/c11-5-9-10-7(12)8-4-6-2-1-3-13-6/h1-3,5H,4H2,(H,9,11)(H2,8,10,12). The molecule has 0 aliphatic carbocycles. The molecule has 0 aliphatic heterocycles. The summed E-state index contributed by atoms with van der Waals surface area (Å²) in [4.78, 5) is 11.1. The second kappa shape index (κ2) is 5.50. The summed E-state index contributed by atoms with van der Waals surface area (Å²) in [5, 5.41) is 5.33. The summed E-state index contributed by atoms with van der Waals surface area (Å²) in [7, 11) is 0. The number of carbonyl (C=O) groups excluding carboxylic acids is 1. The average molecular weight is 215 g/mol. The van der Waals surface area contributed by atoms with Crippen LogP contribution in [0.15, 0.2) is 17.5 Å². The maximum Gasteiger partial charge on any atom is 0.225 e. The predicted molar refractivity (Wildman–Crippen MR) is 56.1 cm³/mol. The van der Waals surface area contributed by atoms with E-state index in [4.69, 9.17) is 12.2 Å². The highest BCUT2D eigenvalue weighted by Crippen LogP contribution is 2.06. The number of rotatable bonds is 4. The Bertz CT molecular complexity index is 273. The Morgan fingerprint density at radius 2 is 2.54 bits per heavy atom. The van der Waals surface area contributed by atoms with E-state index in [0.29, 0.717) is 18.1 Å². The molecule has 1 amide bonds. The molecule has 0 unspecified atom stereocenters. The molecule has 4 nitrogen and oxygen atoms in total. The molecule has 0 aromatic carbocycles. The van der Waals surface area contributed by atoms with Crippen molar-refractivity contribution in [1.29, 1.82) is 0 Å². The van der Waals surface area contributed by atoms with Gasteiger partial charge in [-0.25, -0.2) is 0 Å². The van der Waals surface area contributed by atoms with Crippen LogP contribution < -0.4 is 16.2 Å². The van der Waals surface area contributed by atoms with Crippen molar-refractivity contribution in [3.05, 3.63) is 22.4 Å². The first-order chi connectivity index (χ1) is 6.33. The van der Waals surface area contributed by atoms with Crippen molar-refractivity contribution in [1.82, 2.24) is 16.2 Å². The van der Waals surface area contributed by atoms with Gasteiger partial charge in [0.05, 0.1) is 6.54 Å². The molecule has 0 radical (unpaired) electrons. The molecule has 0 bridgehead atoms. The Kier molecular flexibility index (Phi) is 4.20. The van der Waals surface area contributed by atoms with E-state index in [1.165, 1.54) is 4.88 Å². The van der Waals surface area contributed by atoms with Gasteiger partial charge in [-0.1, -0.05) is 6.07 Å². The van der Waals surface area contributed by atoms with E-state index in [2.05, 4.69) is 16.2 Å². The van der Waals surface area contributed by atoms with Crippen molar-refractivity contribution in [3.63, 3.8) is 0 Å². The number of hydrogen-bond acceptors (Lipinski definition) is 3. The summed E-state index contributed by atoms with van der Waals surface area (Å²) < 4.78 is 0. The first-order valence-corrected chi connectivity index (χ1v) is 4.87. The normalized spacial score (nSPS) is 8.92. The molecule has 0 fully saturated rings. The Labute approximate surface area is 85.3 Å². The van der Waals surface area contributed by atoms with Crippen LogP contribution in [0, 0.1) is 0 Å². The number of hydrogen-bond donors (Lipinski definition) is 3. The lowest BCUT2D eigenvalue weighted by Crippen LogP contribution is -2.42. The minimum Gasteiger partial charge on any atom is -0.356 e. The largest absolute Gasteiger partial charge is 0.356 e. The second-order valence-electron chi connectivity index (χ2n) is 2.15. The molecule has 0 saturated heterocycles. The van der Waals surface area contributed by atoms with Gasteiger partial charge in [-0.3, -0.25) is 15.6 Å². The fourth-order valence-corrected chi connectivity index (χ4v) is 1.50. The summed E-state index contributed by atoms with van der Waals surface area (Å²) in [5.74, 6) is 0. The van der Waals surface area contributed by atoms with Crippen LogP contribution in [-0.4, -0.2) is 11.5 Å². The number of thiophene rings is 1. The van der Waals surface area contributed by atoms with E-state index in [-0.39, 0.29) is 0 Å². The number of hydrazine groups is 1. The topological polar surface area (TPSA) is 53.2 Å². The Morgan fingerprint density at radius 1 is 1.69 bits per heavy atom. The molecule has 0 spiro atoms. The van der Waals surface area contributed by atoms with Gasteiger partial charge in [-0.05, 0) is 23.7 Å². The molecule has 70 valence electrons. The van der Waals surface area contributed by atoms with Crippen LogP contribution >= 0.6 is 23.6 Å². The van der Waals surface area contributed by atoms with Crippen LogP contribution in [0.4, 0.5) is 0 Å². The molecule has 0 saturated carbocycles. The van der Waals surface area contributed by atoms with Gasteiger partial charge in [-0.15, -0.1) is 11.3 Å². The van der Waals surface area contributed by atoms with Gasteiger partial charge < -0.3 is 5.32 Å². The smallest absolute Gasteiger partial charge is 0.225 e. The summed E-state index contributed by atoms with van der Waals surface area (Å²) in [6.45, 7) is 0.671. The lowest BCUT2D eigenvalue weighted by atomic mass is 10.5. The van der Waals surface area contributed by atoms with E-state index >= 15 is 0 Å². The molecular formula is C7H9N3OS2. The fourth-order valence-electron chi connectivity index (χ4n) is 0.720. The van der Waals surface area contributed by atoms with Gasteiger partial charge in [0.25, 0.3) is 0 Å². The van der Waals surface area contributed by atoms with E-state index in [1.807, 2.05) is 17.5 Å². The summed E-state index contributed by atoms with van der Waals surface area (Å²) in [6.07, 6.45) is 0.527. The second-order valence-corrected chi connectivity index (χ2v) is 3.59. The third-order valence-electron chi connectivity index (χ3n) is 1.25.